The van der Waals surface area contributed by atoms with Gasteiger partial charge in [0.15, 0.2) is 0 Å². The highest BCUT2D eigenvalue weighted by atomic mass is 16.6. The van der Waals surface area contributed by atoms with Crippen molar-refractivity contribution in [1.82, 2.24) is 5.32 Å². The summed E-state index contributed by atoms with van der Waals surface area (Å²) in [5.41, 5.74) is 1.64. The van der Waals surface area contributed by atoms with Crippen molar-refractivity contribution in [2.45, 2.75) is 59.1 Å². The summed E-state index contributed by atoms with van der Waals surface area (Å²) in [7, 11) is 0. The van der Waals surface area contributed by atoms with Crippen LogP contribution in [0.5, 0.6) is 5.75 Å². The van der Waals surface area contributed by atoms with Crippen LogP contribution < -0.4 is 15.7 Å². The second-order valence-corrected chi connectivity index (χ2v) is 8.84. The van der Waals surface area contributed by atoms with Gasteiger partial charge in [-0.3, -0.25) is 0 Å². The molecule has 3 rings (SSSR count). The largest absolute Gasteiger partial charge is 0.444 e. The fourth-order valence-electron chi connectivity index (χ4n) is 3.41. The number of ether oxygens (including phenoxy) is 2. The van der Waals surface area contributed by atoms with Crippen LogP contribution in [0.1, 0.15) is 50.8 Å². The van der Waals surface area contributed by atoms with Gasteiger partial charge in [0.2, 0.25) is 0 Å². The Balaban J connectivity index is 1.79. The van der Waals surface area contributed by atoms with Gasteiger partial charge in [-0.15, -0.1) is 0 Å². The molecule has 0 unspecified atom stereocenters. The summed E-state index contributed by atoms with van der Waals surface area (Å²) in [5, 5.41) is 3.28. The molecule has 0 saturated carbocycles. The van der Waals surface area contributed by atoms with Crippen LogP contribution in [0.2, 0.25) is 0 Å². The van der Waals surface area contributed by atoms with Crippen LogP contribution >= 0.6 is 0 Å². The number of hydrogen-bond donors (Lipinski definition) is 1. The molecule has 1 N–H and O–H groups in total. The lowest BCUT2D eigenvalue weighted by Gasteiger charge is -2.22. The van der Waals surface area contributed by atoms with E-state index < -0.39 is 29.3 Å². The average Bonchev–Trinajstić information content (AvgIpc) is 2.74. The van der Waals surface area contributed by atoms with Gasteiger partial charge in [0.05, 0.1) is 0 Å². The maximum atomic E-state index is 12.6. The summed E-state index contributed by atoms with van der Waals surface area (Å²) in [6, 6.07) is 13.7. The van der Waals surface area contributed by atoms with Gasteiger partial charge >= 0.3 is 17.7 Å². The summed E-state index contributed by atoms with van der Waals surface area (Å²) in [4.78, 5) is 37.2. The van der Waals surface area contributed by atoms with E-state index in [1.54, 1.807) is 39.8 Å². The average molecular weight is 452 g/mol. The molecule has 2 aromatic carbocycles. The highest BCUT2D eigenvalue weighted by Gasteiger charge is 2.25. The third-order valence-corrected chi connectivity index (χ3v) is 5.08. The maximum Gasteiger partial charge on any atom is 0.408 e. The lowest BCUT2D eigenvalue weighted by Crippen LogP contribution is -2.44. The van der Waals surface area contributed by atoms with Crippen molar-refractivity contribution in [3.63, 3.8) is 0 Å². The van der Waals surface area contributed by atoms with Gasteiger partial charge in [-0.1, -0.05) is 37.3 Å². The van der Waals surface area contributed by atoms with Gasteiger partial charge in [-0.05, 0) is 57.4 Å². The number of carbonyl (C=O) groups excluding carboxylic acids is 2. The fourth-order valence-corrected chi connectivity index (χ4v) is 3.41. The molecule has 1 aromatic heterocycles. The second kappa shape index (κ2) is 9.90. The minimum absolute atomic E-state index is 0.218. The summed E-state index contributed by atoms with van der Waals surface area (Å²) in [6.07, 6.45) is 0.0937. The number of esters is 1. The minimum Gasteiger partial charge on any atom is -0.444 e. The molecule has 7 heteroatoms. The molecule has 0 fully saturated rings. The molecule has 0 spiro atoms. The van der Waals surface area contributed by atoms with E-state index in [0.29, 0.717) is 24.0 Å². The fraction of sp³-hybridized carbons (Fsp3) is 0.346. The van der Waals surface area contributed by atoms with Crippen molar-refractivity contribution in [3.05, 3.63) is 75.6 Å². The van der Waals surface area contributed by atoms with Crippen molar-refractivity contribution < 1.29 is 23.5 Å². The first kappa shape index (κ1) is 24.0. The predicted octanol–water partition coefficient (Wildman–Crippen LogP) is 4.90. The van der Waals surface area contributed by atoms with Crippen LogP contribution in [-0.2, 0) is 16.0 Å². The van der Waals surface area contributed by atoms with Crippen molar-refractivity contribution in [1.29, 1.82) is 0 Å². The molecule has 0 saturated heterocycles. The van der Waals surface area contributed by atoms with E-state index >= 15 is 0 Å². The standard InChI is InChI=1S/C26H29NO6/c1-6-21(27-25(30)33-26(3,4)5)24(29)31-18-12-13-19-16(2)20(23(28)32-22(19)15-18)14-17-10-8-7-9-11-17/h7-13,15,21H,6,14H2,1-5H3,(H,27,30)/t21-/m0/s1. The van der Waals surface area contributed by atoms with Crippen molar-refractivity contribution in [2.75, 3.05) is 0 Å². The minimum atomic E-state index is -0.877. The SMILES string of the molecule is CC[C@H](NC(=O)OC(C)(C)C)C(=O)Oc1ccc2c(C)c(Cc3ccccc3)c(=O)oc2c1. The van der Waals surface area contributed by atoms with Gasteiger partial charge in [0, 0.05) is 23.4 Å². The van der Waals surface area contributed by atoms with E-state index in [-0.39, 0.29) is 5.75 Å². The van der Waals surface area contributed by atoms with Crippen LogP contribution in [0.3, 0.4) is 0 Å². The van der Waals surface area contributed by atoms with Crippen LogP contribution in [0.25, 0.3) is 11.0 Å². The van der Waals surface area contributed by atoms with Crippen LogP contribution in [0, 0.1) is 6.92 Å². The van der Waals surface area contributed by atoms with Crippen molar-refractivity contribution in [2.24, 2.45) is 0 Å². The Morgan fingerprint density at radius 3 is 2.42 bits per heavy atom. The number of aryl methyl sites for hydroxylation is 1. The number of benzene rings is 2. The molecule has 1 heterocycles. The summed E-state index contributed by atoms with van der Waals surface area (Å²) in [5.74, 6) is -0.419. The van der Waals surface area contributed by atoms with Gasteiger partial charge in [-0.2, -0.15) is 0 Å². The first-order valence-corrected chi connectivity index (χ1v) is 10.9. The number of hydrogen-bond acceptors (Lipinski definition) is 6. The Kier molecular flexibility index (Phi) is 7.21. The third kappa shape index (κ3) is 6.22. The van der Waals surface area contributed by atoms with Crippen LogP contribution in [-0.4, -0.2) is 23.7 Å². The zero-order valence-corrected chi connectivity index (χ0v) is 19.6. The van der Waals surface area contributed by atoms with E-state index in [2.05, 4.69) is 5.32 Å². The highest BCUT2D eigenvalue weighted by molar-refractivity contribution is 5.86. The Hall–Kier alpha value is -3.61. The summed E-state index contributed by atoms with van der Waals surface area (Å²) >= 11 is 0. The van der Waals surface area contributed by atoms with E-state index in [4.69, 9.17) is 13.9 Å². The second-order valence-electron chi connectivity index (χ2n) is 8.84. The van der Waals surface area contributed by atoms with E-state index in [1.807, 2.05) is 37.3 Å². The molecule has 3 aromatic rings. The Labute approximate surface area is 192 Å². The number of fused-ring (bicyclic) bond motifs is 1. The summed E-state index contributed by atoms with van der Waals surface area (Å²) < 4.78 is 16.2. The topological polar surface area (TPSA) is 94.8 Å². The molecule has 1 amide bonds. The third-order valence-electron chi connectivity index (χ3n) is 5.08. The first-order valence-electron chi connectivity index (χ1n) is 10.9. The Morgan fingerprint density at radius 2 is 1.79 bits per heavy atom. The molecular formula is C26H29NO6. The van der Waals surface area contributed by atoms with Crippen molar-refractivity contribution in [3.8, 4) is 5.75 Å². The monoisotopic (exact) mass is 451 g/mol. The molecule has 0 aliphatic carbocycles. The molecule has 0 aliphatic heterocycles. The van der Waals surface area contributed by atoms with Gasteiger partial charge in [0.1, 0.15) is 23.0 Å². The van der Waals surface area contributed by atoms with Gasteiger partial charge in [-0.25, -0.2) is 14.4 Å². The lowest BCUT2D eigenvalue weighted by atomic mass is 10.00. The molecule has 0 bridgehead atoms. The Bertz CT molecular complexity index is 1210. The number of nitrogens with one attached hydrogen (secondary N) is 1. The van der Waals surface area contributed by atoms with Crippen LogP contribution in [0.15, 0.2) is 57.7 Å². The number of alkyl carbamates (subject to hydrolysis) is 1. The molecule has 7 nitrogen and oxygen atoms in total. The number of carbonyl (C=O) groups is 2. The quantitative estimate of drug-likeness (QED) is 0.325. The van der Waals surface area contributed by atoms with Gasteiger partial charge < -0.3 is 19.2 Å². The molecule has 0 radical (unpaired) electrons. The first-order chi connectivity index (χ1) is 15.6. The zero-order chi connectivity index (χ0) is 24.2. The highest BCUT2D eigenvalue weighted by Crippen LogP contribution is 2.25. The molecule has 0 aliphatic rings. The van der Waals surface area contributed by atoms with Crippen LogP contribution in [0.4, 0.5) is 4.79 Å². The number of amides is 1. The molecule has 33 heavy (non-hydrogen) atoms. The Morgan fingerprint density at radius 1 is 1.09 bits per heavy atom. The lowest BCUT2D eigenvalue weighted by molar-refractivity contribution is -0.136. The van der Waals surface area contributed by atoms with Gasteiger partial charge in [0.25, 0.3) is 0 Å². The zero-order valence-electron chi connectivity index (χ0n) is 19.6. The molecule has 1 atom stereocenters. The normalized spacial score (nSPS) is 12.3. The molecular weight excluding hydrogens is 422 g/mol. The van der Waals surface area contributed by atoms with Crippen molar-refractivity contribution >= 4 is 23.0 Å². The van der Waals surface area contributed by atoms with E-state index in [0.717, 1.165) is 16.5 Å². The van der Waals surface area contributed by atoms with E-state index in [9.17, 15) is 14.4 Å². The summed E-state index contributed by atoms with van der Waals surface area (Å²) in [6.45, 7) is 8.84. The molecule has 174 valence electrons. The number of rotatable bonds is 6. The predicted molar refractivity (Wildman–Crippen MR) is 126 cm³/mol. The smallest absolute Gasteiger partial charge is 0.408 e. The van der Waals surface area contributed by atoms with E-state index in [1.165, 1.54) is 6.07 Å². The maximum absolute atomic E-state index is 12.6.